The second kappa shape index (κ2) is 11.4. The van der Waals surface area contributed by atoms with Crippen molar-refractivity contribution in [2.75, 3.05) is 12.4 Å². The number of rotatable bonds is 5. The van der Waals surface area contributed by atoms with Gasteiger partial charge in [-0.3, -0.25) is 4.79 Å². The van der Waals surface area contributed by atoms with Crippen LogP contribution >= 0.6 is 23.2 Å². The molecule has 0 aromatic heterocycles. The van der Waals surface area contributed by atoms with Crippen molar-refractivity contribution >= 4 is 57.5 Å². The predicted molar refractivity (Wildman–Crippen MR) is 135 cm³/mol. The van der Waals surface area contributed by atoms with E-state index in [1.165, 1.54) is 31.4 Å². The molecule has 0 radical (unpaired) electrons. The van der Waals surface area contributed by atoms with Gasteiger partial charge in [0.2, 0.25) is 0 Å². The van der Waals surface area contributed by atoms with Gasteiger partial charge in [0.05, 0.1) is 28.3 Å². The van der Waals surface area contributed by atoms with Gasteiger partial charge in [0.15, 0.2) is 5.75 Å². The molecule has 0 bridgehead atoms. The molecule has 178 valence electrons. The van der Waals surface area contributed by atoms with Crippen LogP contribution in [0.3, 0.4) is 0 Å². The summed E-state index contributed by atoms with van der Waals surface area (Å²) in [5.74, 6) is -2.64. The third kappa shape index (κ3) is 5.90. The number of ether oxygens (including phenoxy) is 1. The maximum Gasteiger partial charge on any atom is 0.341 e. The summed E-state index contributed by atoms with van der Waals surface area (Å²) in [4.78, 5) is 34.4. The van der Waals surface area contributed by atoms with Crippen LogP contribution in [0.25, 0.3) is 10.8 Å². The van der Waals surface area contributed by atoms with Crippen LogP contribution in [0.5, 0.6) is 5.75 Å². The van der Waals surface area contributed by atoms with Crippen LogP contribution in [0, 0.1) is 0 Å². The standard InChI is InChI=1S/C18H13NO3.C8H6Cl2O3/c20-17(14-9-3-4-10-15(14)18(21)22)19-16-11-5-7-12-6-1-2-8-13(12)16;1-13-7-5(10)3-2-4(9)6(7)8(11)12/h1-11H,(H,19,20)(H,21,22);2-3H,1H3,(H,11,12). The van der Waals surface area contributed by atoms with Gasteiger partial charge in [-0.05, 0) is 35.7 Å². The average molecular weight is 512 g/mol. The van der Waals surface area contributed by atoms with Gasteiger partial charge in [-0.25, -0.2) is 9.59 Å². The van der Waals surface area contributed by atoms with Gasteiger partial charge in [-0.15, -0.1) is 0 Å². The van der Waals surface area contributed by atoms with Crippen LogP contribution in [0.4, 0.5) is 5.69 Å². The zero-order valence-corrected chi connectivity index (χ0v) is 19.8. The molecule has 1 amide bonds. The number of hydrogen-bond acceptors (Lipinski definition) is 4. The van der Waals surface area contributed by atoms with Crippen LogP contribution < -0.4 is 10.1 Å². The molecule has 9 heteroatoms. The summed E-state index contributed by atoms with van der Waals surface area (Å²) in [5.41, 5.74) is 0.670. The number of nitrogens with one attached hydrogen (secondary N) is 1. The predicted octanol–water partition coefficient (Wildman–Crippen LogP) is 6.49. The molecule has 0 unspecified atom stereocenters. The first kappa shape index (κ1) is 25.6. The fourth-order valence-electron chi connectivity index (χ4n) is 3.32. The Kier molecular flexibility index (Phi) is 8.30. The van der Waals surface area contributed by atoms with E-state index in [4.69, 9.17) is 33.0 Å². The van der Waals surface area contributed by atoms with E-state index < -0.39 is 17.8 Å². The Bertz CT molecular complexity index is 1420. The lowest BCUT2D eigenvalue weighted by atomic mass is 10.1. The SMILES string of the molecule is COc1c(Cl)ccc(Cl)c1C(=O)O.O=C(O)c1ccccc1C(=O)Nc1cccc2ccccc12. The smallest absolute Gasteiger partial charge is 0.341 e. The zero-order valence-electron chi connectivity index (χ0n) is 18.3. The summed E-state index contributed by atoms with van der Waals surface area (Å²) in [6.45, 7) is 0. The zero-order chi connectivity index (χ0) is 25.5. The fourth-order valence-corrected chi connectivity index (χ4v) is 3.79. The lowest BCUT2D eigenvalue weighted by Crippen LogP contribution is -2.16. The van der Waals surface area contributed by atoms with Crippen molar-refractivity contribution in [1.82, 2.24) is 0 Å². The van der Waals surface area contributed by atoms with E-state index in [1.807, 2.05) is 36.4 Å². The minimum atomic E-state index is -1.16. The molecule has 3 N–H and O–H groups in total. The van der Waals surface area contributed by atoms with E-state index in [9.17, 15) is 19.5 Å². The van der Waals surface area contributed by atoms with Crippen LogP contribution in [-0.2, 0) is 0 Å². The van der Waals surface area contributed by atoms with Crippen molar-refractivity contribution < 1.29 is 29.3 Å². The molecule has 0 atom stereocenters. The van der Waals surface area contributed by atoms with Gasteiger partial charge in [0.1, 0.15) is 5.56 Å². The van der Waals surface area contributed by atoms with Crippen LogP contribution in [-0.4, -0.2) is 35.2 Å². The third-order valence-electron chi connectivity index (χ3n) is 4.92. The number of hydrogen-bond donors (Lipinski definition) is 3. The van der Waals surface area contributed by atoms with Gasteiger partial charge < -0.3 is 20.3 Å². The maximum absolute atomic E-state index is 12.4. The summed E-state index contributed by atoms with van der Waals surface area (Å²) in [6, 6.07) is 22.3. The van der Waals surface area contributed by atoms with Crippen LogP contribution in [0.15, 0.2) is 78.9 Å². The molecule has 0 saturated heterocycles. The highest BCUT2D eigenvalue weighted by molar-refractivity contribution is 6.37. The Morgan fingerprint density at radius 3 is 1.97 bits per heavy atom. The molecule has 0 heterocycles. The first-order valence-corrected chi connectivity index (χ1v) is 10.9. The molecule has 7 nitrogen and oxygen atoms in total. The Balaban J connectivity index is 0.000000225. The number of carboxylic acids is 2. The van der Waals surface area contributed by atoms with Gasteiger partial charge >= 0.3 is 11.9 Å². The van der Waals surface area contributed by atoms with Gasteiger partial charge in [-0.1, -0.05) is 71.7 Å². The Labute approximate surface area is 210 Å². The van der Waals surface area contributed by atoms with Gasteiger partial charge in [-0.2, -0.15) is 0 Å². The summed E-state index contributed by atoms with van der Waals surface area (Å²) >= 11 is 11.4. The van der Waals surface area contributed by atoms with Crippen molar-refractivity contribution in [1.29, 1.82) is 0 Å². The summed E-state index contributed by atoms with van der Waals surface area (Å²) in [5, 5.41) is 23.0. The Hall–Kier alpha value is -4.07. The topological polar surface area (TPSA) is 113 Å². The van der Waals surface area contributed by atoms with E-state index in [1.54, 1.807) is 18.2 Å². The molecule has 4 rings (SSSR count). The molecule has 35 heavy (non-hydrogen) atoms. The molecule has 0 aliphatic carbocycles. The molecule has 0 saturated carbocycles. The second-order valence-electron chi connectivity index (χ2n) is 7.07. The first-order chi connectivity index (χ1) is 16.7. The number of amides is 1. The van der Waals surface area contributed by atoms with E-state index >= 15 is 0 Å². The minimum Gasteiger partial charge on any atom is -0.494 e. The largest absolute Gasteiger partial charge is 0.494 e. The lowest BCUT2D eigenvalue weighted by Gasteiger charge is -2.10. The third-order valence-corrected chi connectivity index (χ3v) is 5.53. The number of benzene rings is 4. The lowest BCUT2D eigenvalue weighted by molar-refractivity contribution is 0.0683. The van der Waals surface area contributed by atoms with E-state index in [0.29, 0.717) is 5.69 Å². The van der Waals surface area contributed by atoms with Crippen molar-refractivity contribution in [2.24, 2.45) is 0 Å². The molecule has 4 aromatic carbocycles. The molecule has 0 fully saturated rings. The second-order valence-corrected chi connectivity index (χ2v) is 7.89. The highest BCUT2D eigenvalue weighted by atomic mass is 35.5. The van der Waals surface area contributed by atoms with Crippen molar-refractivity contribution in [3.8, 4) is 5.75 Å². The van der Waals surface area contributed by atoms with E-state index in [2.05, 4.69) is 5.32 Å². The van der Waals surface area contributed by atoms with E-state index in [0.717, 1.165) is 10.8 Å². The molecule has 0 aliphatic heterocycles. The van der Waals surface area contributed by atoms with Gasteiger partial charge in [0, 0.05) is 11.1 Å². The molecule has 4 aromatic rings. The molecule has 0 aliphatic rings. The Morgan fingerprint density at radius 2 is 1.34 bits per heavy atom. The number of aromatic carboxylic acids is 2. The number of carbonyl (C=O) groups is 3. The summed E-state index contributed by atoms with van der Waals surface area (Å²) in [6.07, 6.45) is 0. The molecular formula is C26H19Cl2NO6. The number of halogens is 2. The monoisotopic (exact) mass is 511 g/mol. The number of carboxylic acid groups (broad SMARTS) is 2. The summed E-state index contributed by atoms with van der Waals surface area (Å²) < 4.78 is 4.82. The number of anilines is 1. The van der Waals surface area contributed by atoms with Crippen molar-refractivity contribution in [3.05, 3.63) is 106 Å². The average Bonchev–Trinajstić information content (AvgIpc) is 2.85. The van der Waals surface area contributed by atoms with Crippen molar-refractivity contribution in [3.63, 3.8) is 0 Å². The van der Waals surface area contributed by atoms with Crippen molar-refractivity contribution in [2.45, 2.75) is 0 Å². The number of methoxy groups -OCH3 is 1. The minimum absolute atomic E-state index is 0.0137. The van der Waals surface area contributed by atoms with E-state index in [-0.39, 0.29) is 32.5 Å². The fraction of sp³-hybridized carbons (Fsp3) is 0.0385. The highest BCUT2D eigenvalue weighted by Crippen LogP contribution is 2.33. The molecule has 0 spiro atoms. The number of fused-ring (bicyclic) bond motifs is 1. The Morgan fingerprint density at radius 1 is 0.743 bits per heavy atom. The quantitative estimate of drug-likeness (QED) is 0.282. The normalized spacial score (nSPS) is 10.1. The number of carbonyl (C=O) groups excluding carboxylic acids is 1. The summed E-state index contributed by atoms with van der Waals surface area (Å²) in [7, 11) is 1.34. The van der Waals surface area contributed by atoms with Gasteiger partial charge in [0.25, 0.3) is 5.91 Å². The van der Waals surface area contributed by atoms with Crippen LogP contribution in [0.2, 0.25) is 10.0 Å². The maximum atomic E-state index is 12.4. The highest BCUT2D eigenvalue weighted by Gasteiger charge is 2.18. The first-order valence-electron chi connectivity index (χ1n) is 10.1. The molecular weight excluding hydrogens is 493 g/mol. The van der Waals surface area contributed by atoms with Crippen LogP contribution in [0.1, 0.15) is 31.1 Å².